The molecule has 2 amide bonds. The van der Waals surface area contributed by atoms with E-state index in [0.29, 0.717) is 32.1 Å². The number of rotatable bonds is 18. The van der Waals surface area contributed by atoms with Crippen LogP contribution >= 0.6 is 0 Å². The van der Waals surface area contributed by atoms with E-state index >= 15 is 0 Å². The molecule has 0 aromatic rings. The minimum atomic E-state index is -1.54. The van der Waals surface area contributed by atoms with Gasteiger partial charge in [-0.1, -0.05) is 34.1 Å². The molecule has 0 aromatic heterocycles. The van der Waals surface area contributed by atoms with Crippen molar-refractivity contribution in [2.45, 2.75) is 59.0 Å². The SMILES string of the molecule is CC(C)COC(=O)[C@@H](CO)CCCCC(NC=O)(NC=O)[C@H](CO)C(=O)OCC(C)C. The highest BCUT2D eigenvalue weighted by Crippen LogP contribution is 2.24. The molecule has 0 fully saturated rings. The first-order chi connectivity index (χ1) is 14.7. The number of nitrogens with one attached hydrogen (secondary N) is 2. The predicted molar refractivity (Wildman–Crippen MR) is 112 cm³/mol. The second kappa shape index (κ2) is 15.6. The molecule has 0 rings (SSSR count). The van der Waals surface area contributed by atoms with Gasteiger partial charge in [0.05, 0.1) is 32.3 Å². The monoisotopic (exact) mass is 446 g/mol. The van der Waals surface area contributed by atoms with Gasteiger partial charge in [-0.3, -0.25) is 19.2 Å². The number of amides is 2. The molecule has 31 heavy (non-hydrogen) atoms. The number of ether oxygens (including phenoxy) is 2. The van der Waals surface area contributed by atoms with Gasteiger partial charge in [0.25, 0.3) is 0 Å². The molecule has 0 radical (unpaired) electrons. The maximum Gasteiger partial charge on any atom is 0.315 e. The quantitative estimate of drug-likeness (QED) is 0.102. The van der Waals surface area contributed by atoms with E-state index in [1.165, 1.54) is 0 Å². The smallest absolute Gasteiger partial charge is 0.315 e. The van der Waals surface area contributed by atoms with Crippen LogP contribution in [0.4, 0.5) is 0 Å². The molecule has 180 valence electrons. The lowest BCUT2D eigenvalue weighted by Gasteiger charge is -2.38. The zero-order chi connectivity index (χ0) is 23.9. The van der Waals surface area contributed by atoms with Crippen LogP contribution in [0.15, 0.2) is 0 Å². The molecule has 0 unspecified atom stereocenters. The van der Waals surface area contributed by atoms with Crippen LogP contribution in [0, 0.1) is 23.7 Å². The predicted octanol–water partition coefficient (Wildman–Crippen LogP) is 0.351. The van der Waals surface area contributed by atoms with Gasteiger partial charge in [0.2, 0.25) is 12.8 Å². The Morgan fingerprint density at radius 1 is 0.871 bits per heavy atom. The van der Waals surface area contributed by atoms with E-state index in [4.69, 9.17) is 9.47 Å². The van der Waals surface area contributed by atoms with E-state index < -0.39 is 36.0 Å². The minimum absolute atomic E-state index is 0.0709. The number of aliphatic hydroxyl groups is 2. The molecule has 10 heteroatoms. The average molecular weight is 447 g/mol. The van der Waals surface area contributed by atoms with Crippen molar-refractivity contribution < 1.29 is 38.9 Å². The van der Waals surface area contributed by atoms with Crippen molar-refractivity contribution in [2.24, 2.45) is 23.7 Å². The number of hydrogen-bond acceptors (Lipinski definition) is 8. The van der Waals surface area contributed by atoms with Crippen molar-refractivity contribution in [3.63, 3.8) is 0 Å². The first-order valence-electron chi connectivity index (χ1n) is 10.6. The summed E-state index contributed by atoms with van der Waals surface area (Å²) in [6.07, 6.45) is 1.94. The molecule has 0 heterocycles. The van der Waals surface area contributed by atoms with Gasteiger partial charge in [-0.25, -0.2) is 0 Å². The van der Waals surface area contributed by atoms with Crippen LogP contribution in [-0.2, 0) is 28.7 Å². The van der Waals surface area contributed by atoms with Gasteiger partial charge in [-0.2, -0.15) is 0 Å². The Balaban J connectivity index is 5.13. The molecule has 0 spiro atoms. The van der Waals surface area contributed by atoms with Crippen LogP contribution in [0.25, 0.3) is 0 Å². The summed E-state index contributed by atoms with van der Waals surface area (Å²) in [6.45, 7) is 6.90. The second-order valence-corrected chi connectivity index (χ2v) is 8.40. The van der Waals surface area contributed by atoms with Crippen LogP contribution in [0.2, 0.25) is 0 Å². The van der Waals surface area contributed by atoms with Crippen LogP contribution in [0.5, 0.6) is 0 Å². The maximum absolute atomic E-state index is 12.5. The van der Waals surface area contributed by atoms with Crippen molar-refractivity contribution in [3.05, 3.63) is 0 Å². The Bertz CT molecular complexity index is 543. The Labute approximate surface area is 184 Å². The third kappa shape index (κ3) is 10.6. The number of carbonyl (C=O) groups excluding carboxylic acids is 4. The zero-order valence-corrected chi connectivity index (χ0v) is 19.0. The van der Waals surface area contributed by atoms with Gasteiger partial charge < -0.3 is 30.3 Å². The van der Waals surface area contributed by atoms with Gasteiger partial charge in [0.15, 0.2) is 0 Å². The molecule has 0 bridgehead atoms. The van der Waals surface area contributed by atoms with Crippen molar-refractivity contribution in [1.82, 2.24) is 10.6 Å². The number of hydrogen-bond donors (Lipinski definition) is 4. The molecular formula is C21H38N2O8. The molecule has 0 saturated carbocycles. The highest BCUT2D eigenvalue weighted by Gasteiger charge is 2.43. The molecule has 0 aliphatic carbocycles. The normalized spacial score (nSPS) is 13.4. The highest BCUT2D eigenvalue weighted by atomic mass is 16.5. The van der Waals surface area contributed by atoms with Gasteiger partial charge in [-0.05, 0) is 31.1 Å². The zero-order valence-electron chi connectivity index (χ0n) is 19.0. The van der Waals surface area contributed by atoms with E-state index in [2.05, 4.69) is 10.6 Å². The third-order valence-electron chi connectivity index (χ3n) is 4.74. The molecule has 0 aliphatic heterocycles. The van der Waals surface area contributed by atoms with Crippen LogP contribution in [0.1, 0.15) is 53.4 Å². The van der Waals surface area contributed by atoms with Crippen molar-refractivity contribution >= 4 is 24.8 Å². The summed E-state index contributed by atoms with van der Waals surface area (Å²) in [5.74, 6) is -2.88. The summed E-state index contributed by atoms with van der Waals surface area (Å²) in [5.41, 5.74) is -1.54. The summed E-state index contributed by atoms with van der Waals surface area (Å²) in [6, 6.07) is 0. The largest absolute Gasteiger partial charge is 0.465 e. The van der Waals surface area contributed by atoms with Crippen molar-refractivity contribution in [1.29, 1.82) is 0 Å². The van der Waals surface area contributed by atoms with Gasteiger partial charge in [-0.15, -0.1) is 0 Å². The summed E-state index contributed by atoms with van der Waals surface area (Å²) >= 11 is 0. The number of unbranched alkanes of at least 4 members (excludes halogenated alkanes) is 1. The van der Waals surface area contributed by atoms with E-state index in [1.54, 1.807) is 0 Å². The van der Waals surface area contributed by atoms with E-state index in [-0.39, 0.29) is 38.1 Å². The summed E-state index contributed by atoms with van der Waals surface area (Å²) in [5, 5.41) is 24.2. The van der Waals surface area contributed by atoms with Crippen LogP contribution in [-0.4, -0.2) is 67.1 Å². The lowest BCUT2D eigenvalue weighted by Crippen LogP contribution is -2.64. The topological polar surface area (TPSA) is 151 Å². The molecule has 4 N–H and O–H groups in total. The summed E-state index contributed by atoms with van der Waals surface area (Å²) in [7, 11) is 0. The highest BCUT2D eigenvalue weighted by molar-refractivity contribution is 5.75. The standard InChI is InChI=1S/C21H38N2O8/c1-15(2)11-30-19(28)17(9-24)7-5-6-8-21(22-13-26,23-14-27)18(10-25)20(29)31-12-16(3)4/h13-18,24-25H,5-12H2,1-4H3,(H,22,26)(H,23,27)/t17-,18-/m1/s1. The number of carbonyl (C=O) groups is 4. The molecular weight excluding hydrogens is 408 g/mol. The van der Waals surface area contributed by atoms with Crippen LogP contribution < -0.4 is 10.6 Å². The van der Waals surface area contributed by atoms with Crippen molar-refractivity contribution in [3.8, 4) is 0 Å². The summed E-state index contributed by atoms with van der Waals surface area (Å²) < 4.78 is 10.3. The summed E-state index contributed by atoms with van der Waals surface area (Å²) in [4.78, 5) is 47.0. The fourth-order valence-electron chi connectivity index (χ4n) is 3.00. The number of aliphatic hydroxyl groups excluding tert-OH is 2. The molecule has 2 atom stereocenters. The van der Waals surface area contributed by atoms with Gasteiger partial charge in [0.1, 0.15) is 11.6 Å². The molecule has 10 nitrogen and oxygen atoms in total. The first kappa shape index (κ1) is 28.8. The molecule has 0 aliphatic rings. The van der Waals surface area contributed by atoms with E-state index in [9.17, 15) is 29.4 Å². The lowest BCUT2D eigenvalue weighted by molar-refractivity contribution is -0.156. The third-order valence-corrected chi connectivity index (χ3v) is 4.74. The fourth-order valence-corrected chi connectivity index (χ4v) is 3.00. The first-order valence-corrected chi connectivity index (χ1v) is 10.6. The minimum Gasteiger partial charge on any atom is -0.465 e. The van der Waals surface area contributed by atoms with Crippen molar-refractivity contribution in [2.75, 3.05) is 26.4 Å². The fraction of sp³-hybridized carbons (Fsp3) is 0.810. The van der Waals surface area contributed by atoms with E-state index in [1.807, 2.05) is 27.7 Å². The Kier molecular flexibility index (Phi) is 14.5. The number of esters is 2. The van der Waals surface area contributed by atoms with Crippen LogP contribution in [0.3, 0.4) is 0 Å². The molecule has 0 saturated heterocycles. The average Bonchev–Trinajstić information content (AvgIpc) is 2.71. The lowest BCUT2D eigenvalue weighted by atomic mass is 9.87. The van der Waals surface area contributed by atoms with Gasteiger partial charge >= 0.3 is 11.9 Å². The second-order valence-electron chi connectivity index (χ2n) is 8.40. The Hall–Kier alpha value is -2.20. The Morgan fingerprint density at radius 3 is 1.81 bits per heavy atom. The van der Waals surface area contributed by atoms with E-state index in [0.717, 1.165) is 0 Å². The Morgan fingerprint density at radius 2 is 1.39 bits per heavy atom. The molecule has 0 aromatic carbocycles. The van der Waals surface area contributed by atoms with Gasteiger partial charge in [0, 0.05) is 0 Å². The maximum atomic E-state index is 12.5.